The Morgan fingerprint density at radius 2 is 2.24 bits per heavy atom. The number of rotatable bonds is 4. The highest BCUT2D eigenvalue weighted by atomic mass is 19.1. The maximum Gasteiger partial charge on any atom is 0.232 e. The van der Waals surface area contributed by atoms with Crippen molar-refractivity contribution < 1.29 is 9.18 Å². The van der Waals surface area contributed by atoms with E-state index < -0.39 is 0 Å². The van der Waals surface area contributed by atoms with E-state index in [1.165, 1.54) is 6.07 Å². The van der Waals surface area contributed by atoms with Crippen molar-refractivity contribution >= 4 is 11.6 Å². The van der Waals surface area contributed by atoms with Crippen LogP contribution in [0.5, 0.6) is 0 Å². The molecule has 0 spiro atoms. The molecule has 1 aromatic carbocycles. The van der Waals surface area contributed by atoms with Crippen molar-refractivity contribution in [3.05, 3.63) is 29.6 Å². The Morgan fingerprint density at radius 1 is 1.47 bits per heavy atom. The van der Waals surface area contributed by atoms with Crippen molar-refractivity contribution in [1.82, 2.24) is 0 Å². The molecule has 0 saturated carbocycles. The topological polar surface area (TPSA) is 29.1 Å². The molecule has 1 amide bonds. The normalized spacial score (nSPS) is 19.9. The number of carbonyl (C=O) groups is 1. The van der Waals surface area contributed by atoms with Crippen molar-refractivity contribution in [2.45, 2.75) is 39.0 Å². The molecule has 0 aromatic heterocycles. The van der Waals surface area contributed by atoms with Crippen LogP contribution in [0, 0.1) is 11.7 Å². The Kier molecular flexibility index (Phi) is 3.46. The molecule has 1 heterocycles. The average Bonchev–Trinajstić information content (AvgIpc) is 2.58. The number of nitrogens with one attached hydrogen (secondary N) is 1. The van der Waals surface area contributed by atoms with Gasteiger partial charge in [-0.2, -0.15) is 0 Å². The third kappa shape index (κ3) is 2.33. The Labute approximate surface area is 101 Å². The first-order valence-electron chi connectivity index (χ1n) is 6.22. The Bertz CT molecular complexity index is 430. The Balaban J connectivity index is 2.20. The van der Waals surface area contributed by atoms with E-state index in [4.69, 9.17) is 0 Å². The summed E-state index contributed by atoms with van der Waals surface area (Å²) in [6.07, 6.45) is 3.02. The highest BCUT2D eigenvalue weighted by Crippen LogP contribution is 2.38. The third-order valence-corrected chi connectivity index (χ3v) is 3.41. The van der Waals surface area contributed by atoms with Crippen molar-refractivity contribution in [2.24, 2.45) is 5.92 Å². The Morgan fingerprint density at radius 3 is 2.94 bits per heavy atom. The lowest BCUT2D eigenvalue weighted by Gasteiger charge is -2.14. The van der Waals surface area contributed by atoms with Gasteiger partial charge in [-0.25, -0.2) is 4.39 Å². The summed E-state index contributed by atoms with van der Waals surface area (Å²) in [5, 5.41) is 2.65. The second-order valence-corrected chi connectivity index (χ2v) is 4.88. The number of para-hydroxylation sites is 1. The molecule has 0 aliphatic carbocycles. The first kappa shape index (κ1) is 12.1. The van der Waals surface area contributed by atoms with E-state index in [0.717, 1.165) is 24.8 Å². The van der Waals surface area contributed by atoms with Crippen LogP contribution in [0.25, 0.3) is 0 Å². The average molecular weight is 235 g/mol. The first-order chi connectivity index (χ1) is 8.13. The standard InChI is InChI=1S/C14H18FNO/c1-3-5-9(2)8-11-10-6-4-7-12(15)13(10)16-14(11)17/h4,6-7,9,11H,3,5,8H2,1-2H3,(H,16,17). The van der Waals surface area contributed by atoms with Gasteiger partial charge < -0.3 is 5.32 Å². The number of anilines is 1. The minimum absolute atomic E-state index is 0.0620. The lowest BCUT2D eigenvalue weighted by molar-refractivity contribution is -0.117. The van der Waals surface area contributed by atoms with Gasteiger partial charge in [-0.15, -0.1) is 0 Å². The molecule has 17 heavy (non-hydrogen) atoms. The molecule has 0 bridgehead atoms. The minimum Gasteiger partial charge on any atom is -0.323 e. The van der Waals surface area contributed by atoms with Crippen molar-refractivity contribution in [3.8, 4) is 0 Å². The van der Waals surface area contributed by atoms with Crippen LogP contribution in [-0.4, -0.2) is 5.91 Å². The summed E-state index contributed by atoms with van der Waals surface area (Å²) in [5.74, 6) is -0.0817. The monoisotopic (exact) mass is 235 g/mol. The lowest BCUT2D eigenvalue weighted by Crippen LogP contribution is -2.14. The number of hydrogen-bond donors (Lipinski definition) is 1. The highest BCUT2D eigenvalue weighted by Gasteiger charge is 2.32. The van der Waals surface area contributed by atoms with Crippen LogP contribution in [0.15, 0.2) is 18.2 Å². The number of benzene rings is 1. The van der Waals surface area contributed by atoms with Gasteiger partial charge in [-0.05, 0) is 24.0 Å². The first-order valence-corrected chi connectivity index (χ1v) is 6.22. The molecular formula is C14H18FNO. The summed E-state index contributed by atoms with van der Waals surface area (Å²) in [7, 11) is 0. The van der Waals surface area contributed by atoms with Crippen LogP contribution in [0.3, 0.4) is 0 Å². The maximum atomic E-state index is 13.5. The van der Waals surface area contributed by atoms with Gasteiger partial charge in [0.05, 0.1) is 11.6 Å². The van der Waals surface area contributed by atoms with Gasteiger partial charge in [0.2, 0.25) is 5.91 Å². The summed E-state index contributed by atoms with van der Waals surface area (Å²) in [5.41, 5.74) is 1.20. The van der Waals surface area contributed by atoms with Crippen LogP contribution < -0.4 is 5.32 Å². The molecule has 92 valence electrons. The molecule has 1 aliphatic rings. The number of amides is 1. The third-order valence-electron chi connectivity index (χ3n) is 3.41. The van der Waals surface area contributed by atoms with E-state index in [1.54, 1.807) is 6.07 Å². The molecular weight excluding hydrogens is 217 g/mol. The van der Waals surface area contributed by atoms with Gasteiger partial charge in [0.15, 0.2) is 0 Å². The quantitative estimate of drug-likeness (QED) is 0.847. The SMILES string of the molecule is CCCC(C)CC1C(=O)Nc2c(F)cccc21. The minimum atomic E-state index is -0.332. The van der Waals surface area contributed by atoms with Gasteiger partial charge in [0.1, 0.15) is 5.82 Å². The van der Waals surface area contributed by atoms with Crippen molar-refractivity contribution in [1.29, 1.82) is 0 Å². The van der Waals surface area contributed by atoms with E-state index >= 15 is 0 Å². The number of hydrogen-bond acceptors (Lipinski definition) is 1. The summed E-state index contributed by atoms with van der Waals surface area (Å²) < 4.78 is 13.5. The highest BCUT2D eigenvalue weighted by molar-refractivity contribution is 6.02. The molecule has 0 radical (unpaired) electrons. The van der Waals surface area contributed by atoms with Crippen LogP contribution >= 0.6 is 0 Å². The zero-order valence-corrected chi connectivity index (χ0v) is 10.3. The largest absolute Gasteiger partial charge is 0.323 e. The fourth-order valence-electron chi connectivity index (χ4n) is 2.56. The molecule has 3 heteroatoms. The predicted molar refractivity (Wildman–Crippen MR) is 66.5 cm³/mol. The van der Waals surface area contributed by atoms with Gasteiger partial charge in [0.25, 0.3) is 0 Å². The van der Waals surface area contributed by atoms with Crippen LogP contribution in [0.1, 0.15) is 44.6 Å². The van der Waals surface area contributed by atoms with Crippen LogP contribution in [0.4, 0.5) is 10.1 Å². The maximum absolute atomic E-state index is 13.5. The van der Waals surface area contributed by atoms with E-state index in [9.17, 15) is 9.18 Å². The molecule has 1 aliphatic heterocycles. The second kappa shape index (κ2) is 4.86. The van der Waals surface area contributed by atoms with Crippen LogP contribution in [0.2, 0.25) is 0 Å². The van der Waals surface area contributed by atoms with E-state index in [0.29, 0.717) is 11.6 Å². The Hall–Kier alpha value is -1.38. The smallest absolute Gasteiger partial charge is 0.232 e. The number of halogens is 1. The molecule has 1 N–H and O–H groups in total. The van der Waals surface area contributed by atoms with Gasteiger partial charge in [-0.1, -0.05) is 38.8 Å². The second-order valence-electron chi connectivity index (χ2n) is 4.88. The summed E-state index contributed by atoms with van der Waals surface area (Å²) >= 11 is 0. The van der Waals surface area contributed by atoms with Gasteiger partial charge in [-0.3, -0.25) is 4.79 Å². The van der Waals surface area contributed by atoms with E-state index in [-0.39, 0.29) is 17.6 Å². The molecule has 2 rings (SSSR count). The molecule has 0 fully saturated rings. The zero-order valence-electron chi connectivity index (χ0n) is 10.3. The van der Waals surface area contributed by atoms with Crippen molar-refractivity contribution in [3.63, 3.8) is 0 Å². The molecule has 1 aromatic rings. The predicted octanol–water partition coefficient (Wildman–Crippen LogP) is 3.69. The zero-order chi connectivity index (χ0) is 12.4. The van der Waals surface area contributed by atoms with E-state index in [2.05, 4.69) is 19.2 Å². The van der Waals surface area contributed by atoms with Crippen molar-refractivity contribution in [2.75, 3.05) is 5.32 Å². The molecule has 2 unspecified atom stereocenters. The molecule has 0 saturated heterocycles. The fourth-order valence-corrected chi connectivity index (χ4v) is 2.56. The number of carbonyl (C=O) groups excluding carboxylic acids is 1. The lowest BCUT2D eigenvalue weighted by atomic mass is 9.88. The van der Waals surface area contributed by atoms with Gasteiger partial charge >= 0.3 is 0 Å². The summed E-state index contributed by atoms with van der Waals surface area (Å²) in [6.45, 7) is 4.28. The van der Waals surface area contributed by atoms with E-state index in [1.807, 2.05) is 6.07 Å². The van der Waals surface area contributed by atoms with Gasteiger partial charge in [0, 0.05) is 0 Å². The summed E-state index contributed by atoms with van der Waals surface area (Å²) in [6, 6.07) is 4.91. The molecule has 2 nitrogen and oxygen atoms in total. The molecule has 2 atom stereocenters. The van der Waals surface area contributed by atoms with Crippen LogP contribution in [-0.2, 0) is 4.79 Å². The number of fused-ring (bicyclic) bond motifs is 1. The summed E-state index contributed by atoms with van der Waals surface area (Å²) in [4.78, 5) is 11.8. The fraction of sp³-hybridized carbons (Fsp3) is 0.500.